The number of anilines is 1. The monoisotopic (exact) mass is 413 g/mol. The third-order valence-corrected chi connectivity index (χ3v) is 4.73. The molecule has 4 heteroatoms. The van der Waals surface area contributed by atoms with E-state index in [0.29, 0.717) is 5.96 Å². The van der Waals surface area contributed by atoms with Crippen molar-refractivity contribution in [2.75, 3.05) is 4.90 Å². The molecule has 4 nitrogen and oxygen atoms in total. The van der Waals surface area contributed by atoms with Crippen LogP contribution in [0.1, 0.15) is 88.1 Å². The third-order valence-electron chi connectivity index (χ3n) is 4.73. The lowest BCUT2D eigenvalue weighted by molar-refractivity contribution is -0.114. The molecule has 1 heterocycles. The molecule has 0 radical (unpaired) electrons. The number of hydrogen-bond acceptors (Lipinski definition) is 2. The lowest BCUT2D eigenvalue weighted by Gasteiger charge is -2.44. The van der Waals surface area contributed by atoms with Crippen LogP contribution >= 0.6 is 0 Å². The van der Waals surface area contributed by atoms with E-state index in [0.717, 1.165) is 22.7 Å². The van der Waals surface area contributed by atoms with Crippen molar-refractivity contribution in [3.05, 3.63) is 53.4 Å². The minimum atomic E-state index is -0.190. The van der Waals surface area contributed by atoms with E-state index in [1.165, 1.54) is 12.0 Å². The highest BCUT2D eigenvalue weighted by Gasteiger charge is 2.36. The predicted molar refractivity (Wildman–Crippen MR) is 132 cm³/mol. The van der Waals surface area contributed by atoms with E-state index in [1.807, 2.05) is 56.6 Å². The van der Waals surface area contributed by atoms with Gasteiger partial charge < -0.3 is 4.90 Å². The number of hydrogen-bond donors (Lipinski definition) is 1. The average molecular weight is 414 g/mol. The maximum Gasteiger partial charge on any atom is 0.207 e. The zero-order chi connectivity index (χ0) is 23.8. The van der Waals surface area contributed by atoms with E-state index in [9.17, 15) is 4.79 Å². The molecular weight excluding hydrogens is 370 g/mol. The maximum absolute atomic E-state index is 12.3. The molecular formula is C26H43N3O. The molecule has 1 aliphatic heterocycles. The molecule has 0 saturated heterocycles. The van der Waals surface area contributed by atoms with Crippen LogP contribution in [0.2, 0.25) is 0 Å². The number of benzene rings is 1. The molecule has 30 heavy (non-hydrogen) atoms. The number of Topliss-reactive ketones (excluding diaryl/α,β-unsaturated/α-hetero) is 1. The van der Waals surface area contributed by atoms with Gasteiger partial charge in [-0.15, -0.1) is 0 Å². The van der Waals surface area contributed by atoms with Gasteiger partial charge in [0.25, 0.3) is 0 Å². The number of rotatable bonds is 3. The first-order chi connectivity index (χ1) is 13.9. The Kier molecular flexibility index (Phi) is 10.8. The van der Waals surface area contributed by atoms with Gasteiger partial charge in [0.2, 0.25) is 5.96 Å². The Morgan fingerprint density at radius 1 is 1.17 bits per heavy atom. The fraction of sp³-hybridized carbons (Fsp3) is 0.538. The van der Waals surface area contributed by atoms with Gasteiger partial charge in [-0.3, -0.25) is 15.1 Å². The summed E-state index contributed by atoms with van der Waals surface area (Å²) in [5.41, 5.74) is 4.38. The molecule has 0 aromatic heterocycles. The summed E-state index contributed by atoms with van der Waals surface area (Å²) in [4.78, 5) is 15.9. The minimum Gasteiger partial charge on any atom is -0.309 e. The van der Waals surface area contributed by atoms with Gasteiger partial charge in [0.1, 0.15) is 0 Å². The molecule has 0 saturated carbocycles. The molecule has 2 rings (SSSR count). The zero-order valence-corrected chi connectivity index (χ0v) is 21.1. The molecule has 1 aliphatic rings. The van der Waals surface area contributed by atoms with Crippen LogP contribution in [-0.4, -0.2) is 22.7 Å². The van der Waals surface area contributed by atoms with E-state index >= 15 is 0 Å². The van der Waals surface area contributed by atoms with Gasteiger partial charge in [-0.05, 0) is 50.8 Å². The van der Waals surface area contributed by atoms with E-state index in [4.69, 9.17) is 5.41 Å². The number of ketones is 1. The highest BCUT2D eigenvalue weighted by atomic mass is 16.1. The highest BCUT2D eigenvalue weighted by molar-refractivity contribution is 6.06. The van der Waals surface area contributed by atoms with Crippen LogP contribution in [-0.2, 0) is 10.2 Å². The van der Waals surface area contributed by atoms with Gasteiger partial charge in [-0.1, -0.05) is 73.6 Å². The Morgan fingerprint density at radius 3 is 2.07 bits per heavy atom. The van der Waals surface area contributed by atoms with Gasteiger partial charge >= 0.3 is 0 Å². The number of carbonyl (C=O) groups is 1. The molecule has 1 aromatic carbocycles. The number of carbonyl (C=O) groups excluding carboxylic acids is 1. The normalized spacial score (nSPS) is 16.4. The van der Waals surface area contributed by atoms with Crippen molar-refractivity contribution in [1.82, 2.24) is 4.90 Å². The van der Waals surface area contributed by atoms with Crippen molar-refractivity contribution in [3.63, 3.8) is 0 Å². The maximum atomic E-state index is 12.3. The topological polar surface area (TPSA) is 47.4 Å². The van der Waals surface area contributed by atoms with Gasteiger partial charge in [-0.25, -0.2) is 0 Å². The molecule has 0 aliphatic carbocycles. The Hall–Kier alpha value is -2.36. The van der Waals surface area contributed by atoms with Crippen molar-refractivity contribution >= 4 is 17.4 Å². The predicted octanol–water partition coefficient (Wildman–Crippen LogP) is 7.27. The smallest absolute Gasteiger partial charge is 0.207 e. The van der Waals surface area contributed by atoms with E-state index in [-0.39, 0.29) is 17.2 Å². The molecule has 0 fully saturated rings. The average Bonchev–Trinajstić information content (AvgIpc) is 2.63. The van der Waals surface area contributed by atoms with Crippen LogP contribution in [0.5, 0.6) is 0 Å². The zero-order valence-electron chi connectivity index (χ0n) is 21.1. The quantitative estimate of drug-likeness (QED) is 0.567. The van der Waals surface area contributed by atoms with Crippen LogP contribution < -0.4 is 4.90 Å². The fourth-order valence-electron chi connectivity index (χ4n) is 3.49. The highest BCUT2D eigenvalue weighted by Crippen LogP contribution is 2.34. The lowest BCUT2D eigenvalue weighted by atomic mass is 9.86. The minimum absolute atomic E-state index is 0.0103. The summed E-state index contributed by atoms with van der Waals surface area (Å²) >= 11 is 0. The van der Waals surface area contributed by atoms with Crippen LogP contribution in [0.15, 0.2) is 47.8 Å². The molecule has 0 unspecified atom stereocenters. The largest absolute Gasteiger partial charge is 0.309 e. The summed E-state index contributed by atoms with van der Waals surface area (Å²) in [5.74, 6) is 0.356. The van der Waals surface area contributed by atoms with Crippen molar-refractivity contribution < 1.29 is 4.79 Å². The van der Waals surface area contributed by atoms with Crippen LogP contribution in [0, 0.1) is 5.41 Å². The Labute approximate surface area is 185 Å². The van der Waals surface area contributed by atoms with Crippen molar-refractivity contribution in [2.24, 2.45) is 0 Å². The van der Waals surface area contributed by atoms with Crippen molar-refractivity contribution in [1.29, 1.82) is 5.41 Å². The molecule has 0 amide bonds. The summed E-state index contributed by atoms with van der Waals surface area (Å²) in [6.45, 7) is 26.1. The second kappa shape index (κ2) is 11.7. The molecule has 168 valence electrons. The SMILES string of the molecule is C=C(C)N1C(=N)N(c2cccc(C(C)(C)C)c2)C(C)=C(C(C)=O)[C@H]1C.CC.CCC. The molecule has 1 N–H and O–H groups in total. The third kappa shape index (κ3) is 6.32. The fourth-order valence-corrected chi connectivity index (χ4v) is 3.49. The number of nitrogens with one attached hydrogen (secondary N) is 1. The van der Waals surface area contributed by atoms with Gasteiger partial charge in [-0.2, -0.15) is 0 Å². The molecule has 0 spiro atoms. The molecule has 1 atom stereocenters. The standard InChI is InChI=1S/C21H29N3O.C3H8.C2H6/c1-13(2)23-14(3)19(16(5)25)15(4)24(20(23)22)18-11-9-10-17(12-18)21(6,7)8;1-3-2;1-2/h9-12,14,22H,1H2,2-8H3;3H2,1-2H3;1-2H3/t14-;;/m1../s1. The summed E-state index contributed by atoms with van der Waals surface area (Å²) in [6, 6.07) is 8.00. The second-order valence-corrected chi connectivity index (χ2v) is 8.50. The van der Waals surface area contributed by atoms with Crippen LogP contribution in [0.25, 0.3) is 0 Å². The Balaban J connectivity index is 0.00000154. The lowest BCUT2D eigenvalue weighted by Crippen LogP contribution is -2.52. The van der Waals surface area contributed by atoms with E-state index in [1.54, 1.807) is 6.92 Å². The Bertz CT molecular complexity index is 784. The number of guanidine groups is 1. The van der Waals surface area contributed by atoms with Gasteiger partial charge in [0, 0.05) is 22.7 Å². The van der Waals surface area contributed by atoms with Gasteiger partial charge in [0.05, 0.1) is 6.04 Å². The molecule has 0 bridgehead atoms. The second-order valence-electron chi connectivity index (χ2n) is 8.50. The first-order valence-corrected chi connectivity index (χ1v) is 11.0. The number of allylic oxidation sites excluding steroid dienone is 2. The van der Waals surface area contributed by atoms with Crippen molar-refractivity contribution in [2.45, 2.75) is 94.0 Å². The molecule has 1 aromatic rings. The Morgan fingerprint density at radius 2 is 1.67 bits per heavy atom. The van der Waals surface area contributed by atoms with Crippen molar-refractivity contribution in [3.8, 4) is 0 Å². The summed E-state index contributed by atoms with van der Waals surface area (Å²) in [7, 11) is 0. The van der Waals surface area contributed by atoms with Crippen LogP contribution in [0.4, 0.5) is 5.69 Å². The van der Waals surface area contributed by atoms with E-state index in [2.05, 4.69) is 53.3 Å². The number of nitrogens with zero attached hydrogens (tertiary/aromatic N) is 2. The summed E-state index contributed by atoms with van der Waals surface area (Å²) in [5, 5.41) is 8.73. The summed E-state index contributed by atoms with van der Waals surface area (Å²) in [6.07, 6.45) is 1.25. The van der Waals surface area contributed by atoms with Crippen LogP contribution in [0.3, 0.4) is 0 Å². The first-order valence-electron chi connectivity index (χ1n) is 11.0. The van der Waals surface area contributed by atoms with Gasteiger partial charge in [0.15, 0.2) is 5.78 Å². The summed E-state index contributed by atoms with van der Waals surface area (Å²) < 4.78 is 0. The van der Waals surface area contributed by atoms with E-state index < -0.39 is 0 Å². The first kappa shape index (κ1) is 27.6.